The van der Waals surface area contributed by atoms with E-state index in [1.807, 2.05) is 18.7 Å². The van der Waals surface area contributed by atoms with E-state index >= 15 is 0 Å². The monoisotopic (exact) mass is 286 g/mol. The average molecular weight is 287 g/mol. The number of nitrogens with one attached hydrogen (secondary N) is 1. The highest BCUT2D eigenvalue weighted by Gasteiger charge is 2.11. The van der Waals surface area contributed by atoms with E-state index in [4.69, 9.17) is 11.6 Å². The van der Waals surface area contributed by atoms with E-state index in [1.165, 1.54) is 4.90 Å². The highest BCUT2D eigenvalue weighted by molar-refractivity contribution is 6.28. The van der Waals surface area contributed by atoms with Gasteiger partial charge in [0.2, 0.25) is 23.1 Å². The molecule has 1 rings (SSSR count). The molecule has 0 aliphatic rings. The molecule has 8 heteroatoms. The summed E-state index contributed by atoms with van der Waals surface area (Å²) >= 11 is 5.86. The largest absolute Gasteiger partial charge is 0.347 e. The summed E-state index contributed by atoms with van der Waals surface area (Å²) in [4.78, 5) is 27.2. The Morgan fingerprint density at radius 3 is 2.37 bits per heavy atom. The third-order valence-electron chi connectivity index (χ3n) is 2.54. The lowest BCUT2D eigenvalue weighted by Gasteiger charge is -2.19. The first-order valence-electron chi connectivity index (χ1n) is 6.08. The van der Waals surface area contributed by atoms with Crippen molar-refractivity contribution in [3.63, 3.8) is 0 Å². The molecule has 0 aromatic carbocycles. The van der Waals surface area contributed by atoms with Crippen LogP contribution in [0, 0.1) is 0 Å². The van der Waals surface area contributed by atoms with Gasteiger partial charge in [0.15, 0.2) is 0 Å². The van der Waals surface area contributed by atoms with Crippen LogP contribution in [0.5, 0.6) is 0 Å². The molecule has 1 aromatic heterocycles. The van der Waals surface area contributed by atoms with E-state index in [1.54, 1.807) is 14.1 Å². The second-order valence-electron chi connectivity index (χ2n) is 4.04. The van der Waals surface area contributed by atoms with Gasteiger partial charge in [0, 0.05) is 27.2 Å². The molecule has 1 N–H and O–H groups in total. The van der Waals surface area contributed by atoms with Gasteiger partial charge >= 0.3 is 0 Å². The quantitative estimate of drug-likeness (QED) is 0.836. The Kier molecular flexibility index (Phi) is 5.75. The molecule has 0 spiro atoms. The Morgan fingerprint density at radius 1 is 1.21 bits per heavy atom. The topological polar surface area (TPSA) is 74.2 Å². The summed E-state index contributed by atoms with van der Waals surface area (Å²) < 4.78 is 0. The van der Waals surface area contributed by atoms with Crippen molar-refractivity contribution in [1.82, 2.24) is 19.9 Å². The Bertz CT molecular complexity index is 435. The summed E-state index contributed by atoms with van der Waals surface area (Å²) in [5.74, 6) is 0.739. The lowest BCUT2D eigenvalue weighted by molar-refractivity contribution is -0.126. The summed E-state index contributed by atoms with van der Waals surface area (Å²) in [6.07, 6.45) is 0. The molecule has 0 aliphatic carbocycles. The molecule has 19 heavy (non-hydrogen) atoms. The lowest BCUT2D eigenvalue weighted by Crippen LogP contribution is -2.29. The number of anilines is 2. The first kappa shape index (κ1) is 15.4. The number of carbonyl (C=O) groups excluding carboxylic acids is 1. The van der Waals surface area contributed by atoms with E-state index in [0.29, 0.717) is 11.9 Å². The summed E-state index contributed by atoms with van der Waals surface area (Å²) in [5, 5.41) is 2.95. The number of hydrogen-bond donors (Lipinski definition) is 1. The third kappa shape index (κ3) is 4.51. The fourth-order valence-electron chi connectivity index (χ4n) is 1.38. The van der Waals surface area contributed by atoms with Crippen LogP contribution in [0.25, 0.3) is 0 Å². The average Bonchev–Trinajstić information content (AvgIpc) is 2.36. The number of likely N-dealkylation sites (N-methyl/N-ethyl adjacent to an activating group) is 1. The first-order valence-corrected chi connectivity index (χ1v) is 6.46. The number of hydrogen-bond acceptors (Lipinski definition) is 6. The SMILES string of the molecule is CCN(CC)c1nc(Cl)nc(NCC(=O)N(C)C)n1. The van der Waals surface area contributed by atoms with Gasteiger partial charge in [-0.2, -0.15) is 15.0 Å². The normalized spacial score (nSPS) is 10.2. The van der Waals surface area contributed by atoms with Gasteiger partial charge in [0.1, 0.15) is 0 Å². The van der Waals surface area contributed by atoms with Gasteiger partial charge in [-0.05, 0) is 25.4 Å². The minimum atomic E-state index is -0.0686. The molecule has 1 amide bonds. The fourth-order valence-corrected chi connectivity index (χ4v) is 1.53. The number of aromatic nitrogens is 3. The highest BCUT2D eigenvalue weighted by Crippen LogP contribution is 2.13. The molecular weight excluding hydrogens is 268 g/mol. The summed E-state index contributed by atoms with van der Waals surface area (Å²) in [7, 11) is 3.37. The second-order valence-corrected chi connectivity index (χ2v) is 4.38. The van der Waals surface area contributed by atoms with Crippen molar-refractivity contribution < 1.29 is 4.79 Å². The fraction of sp³-hybridized carbons (Fsp3) is 0.636. The van der Waals surface area contributed by atoms with Crippen molar-refractivity contribution in [1.29, 1.82) is 0 Å². The number of carbonyl (C=O) groups is 1. The molecule has 0 radical (unpaired) electrons. The maximum absolute atomic E-state index is 11.5. The summed E-state index contributed by atoms with van der Waals surface area (Å²) in [6.45, 7) is 5.67. The molecule has 7 nitrogen and oxygen atoms in total. The molecular formula is C11H19ClN6O. The van der Waals surface area contributed by atoms with E-state index in [9.17, 15) is 4.79 Å². The van der Waals surface area contributed by atoms with Crippen LogP contribution < -0.4 is 10.2 Å². The Hall–Kier alpha value is -1.63. The Balaban J connectivity index is 2.82. The van der Waals surface area contributed by atoms with Crippen molar-refractivity contribution in [2.45, 2.75) is 13.8 Å². The zero-order valence-corrected chi connectivity index (χ0v) is 12.4. The molecule has 0 saturated heterocycles. The van der Waals surface area contributed by atoms with Crippen molar-refractivity contribution in [3.05, 3.63) is 5.28 Å². The molecule has 0 atom stereocenters. The van der Waals surface area contributed by atoms with Crippen LogP contribution in [0.3, 0.4) is 0 Å². The van der Waals surface area contributed by atoms with Crippen molar-refractivity contribution >= 4 is 29.4 Å². The zero-order valence-electron chi connectivity index (χ0n) is 11.6. The van der Waals surface area contributed by atoms with E-state index in [-0.39, 0.29) is 17.7 Å². The summed E-state index contributed by atoms with van der Waals surface area (Å²) in [5.41, 5.74) is 0. The standard InChI is InChI=1S/C11H19ClN6O/c1-5-18(6-2)11-15-9(12)14-10(16-11)13-7-8(19)17(3)4/h5-7H2,1-4H3,(H,13,14,15,16). The predicted octanol–water partition coefficient (Wildman–Crippen LogP) is 0.871. The van der Waals surface area contributed by atoms with Crippen LogP contribution in [0.1, 0.15) is 13.8 Å². The first-order chi connectivity index (χ1) is 8.97. The Labute approximate surface area is 118 Å². The maximum atomic E-state index is 11.5. The van der Waals surface area contributed by atoms with E-state index < -0.39 is 0 Å². The lowest BCUT2D eigenvalue weighted by atomic mass is 10.5. The number of halogens is 1. The second kappa shape index (κ2) is 7.08. The maximum Gasteiger partial charge on any atom is 0.241 e. The molecule has 0 fully saturated rings. The van der Waals surface area contributed by atoms with Crippen LogP contribution in [-0.4, -0.2) is 59.5 Å². The number of nitrogens with zero attached hydrogens (tertiary/aromatic N) is 5. The molecule has 0 bridgehead atoms. The highest BCUT2D eigenvalue weighted by atomic mass is 35.5. The smallest absolute Gasteiger partial charge is 0.241 e. The minimum Gasteiger partial charge on any atom is -0.347 e. The van der Waals surface area contributed by atoms with E-state index in [2.05, 4.69) is 20.3 Å². The van der Waals surface area contributed by atoms with Gasteiger partial charge in [-0.1, -0.05) is 0 Å². The molecule has 1 heterocycles. The predicted molar refractivity (Wildman–Crippen MR) is 75.6 cm³/mol. The number of amides is 1. The van der Waals surface area contributed by atoms with Gasteiger partial charge in [0.05, 0.1) is 6.54 Å². The van der Waals surface area contributed by atoms with E-state index in [0.717, 1.165) is 13.1 Å². The van der Waals surface area contributed by atoms with Crippen molar-refractivity contribution in [2.24, 2.45) is 0 Å². The van der Waals surface area contributed by atoms with Crippen molar-refractivity contribution in [2.75, 3.05) is 43.9 Å². The van der Waals surface area contributed by atoms with Gasteiger partial charge in [-0.15, -0.1) is 0 Å². The summed E-state index contributed by atoms with van der Waals surface area (Å²) in [6, 6.07) is 0. The third-order valence-corrected chi connectivity index (χ3v) is 2.71. The molecule has 0 saturated carbocycles. The van der Waals surface area contributed by atoms with Crippen molar-refractivity contribution in [3.8, 4) is 0 Å². The molecule has 0 aliphatic heterocycles. The van der Waals surface area contributed by atoms with Gasteiger partial charge in [0.25, 0.3) is 0 Å². The number of rotatable bonds is 6. The molecule has 0 unspecified atom stereocenters. The minimum absolute atomic E-state index is 0.0686. The van der Waals surface area contributed by atoms with Gasteiger partial charge < -0.3 is 15.1 Å². The van der Waals surface area contributed by atoms with Crippen LogP contribution in [-0.2, 0) is 4.79 Å². The van der Waals surface area contributed by atoms with Crippen LogP contribution >= 0.6 is 11.6 Å². The van der Waals surface area contributed by atoms with Crippen LogP contribution in [0.2, 0.25) is 5.28 Å². The van der Waals surface area contributed by atoms with Crippen LogP contribution in [0.4, 0.5) is 11.9 Å². The van der Waals surface area contributed by atoms with Gasteiger partial charge in [-0.3, -0.25) is 4.79 Å². The molecule has 106 valence electrons. The molecule has 1 aromatic rings. The van der Waals surface area contributed by atoms with Crippen LogP contribution in [0.15, 0.2) is 0 Å². The zero-order chi connectivity index (χ0) is 14.4. The van der Waals surface area contributed by atoms with Gasteiger partial charge in [-0.25, -0.2) is 0 Å². The Morgan fingerprint density at radius 2 is 1.84 bits per heavy atom.